The molecule has 1 fully saturated rings. The molecule has 13 heteroatoms. The molecule has 0 amide bonds. The van der Waals surface area contributed by atoms with Crippen molar-refractivity contribution in [2.45, 2.75) is 31.8 Å². The Hall–Kier alpha value is -1.82. The molecule has 0 aliphatic carbocycles. The number of anilines is 1. The van der Waals surface area contributed by atoms with Crippen LogP contribution < -0.4 is 10.9 Å². The van der Waals surface area contributed by atoms with Crippen LogP contribution in [0.15, 0.2) is 11.1 Å². The van der Waals surface area contributed by atoms with E-state index in [1.807, 2.05) is 6.92 Å². The molecule has 3 rings (SSSR count). The van der Waals surface area contributed by atoms with Crippen LogP contribution in [0, 0.1) is 0 Å². The van der Waals surface area contributed by atoms with Gasteiger partial charge in [-0.15, -0.1) is 0 Å². The van der Waals surface area contributed by atoms with Crippen molar-refractivity contribution in [2.75, 3.05) is 18.5 Å². The van der Waals surface area contributed by atoms with E-state index in [9.17, 15) is 14.5 Å². The zero-order chi connectivity index (χ0) is 18.2. The quantitative estimate of drug-likeness (QED) is 0.407. The van der Waals surface area contributed by atoms with Gasteiger partial charge in [0.15, 0.2) is 11.2 Å². The van der Waals surface area contributed by atoms with Gasteiger partial charge in [0, 0.05) is 13.0 Å². The van der Waals surface area contributed by atoms with Crippen molar-refractivity contribution in [3.05, 3.63) is 16.7 Å². The number of hydrogen-bond donors (Lipinski definition) is 5. The number of hydrogen-bond acceptors (Lipinski definition) is 8. The van der Waals surface area contributed by atoms with Gasteiger partial charge in [-0.25, -0.2) is 9.55 Å². The SMILES string of the molecule is CCNc1nc2c(ncn2[C@@H]2C[C@@H](O)[C@H](COP(=O)(O)O)O2)c(=O)[nH]1. The standard InChI is InChI=1S/C12H18N5O7P/c1-2-13-12-15-10-9(11(19)16-12)14-5-17(10)8-3-6(18)7(24-8)4-23-25(20,21)22/h5-8,18H,2-4H2,1H3,(H2,20,21,22)(H2,13,15,16,19)/t6-,7+,8+/m1/s1. The smallest absolute Gasteiger partial charge is 0.390 e. The van der Waals surface area contributed by atoms with Gasteiger partial charge in [0.05, 0.1) is 19.0 Å². The summed E-state index contributed by atoms with van der Waals surface area (Å²) in [6, 6.07) is 0. The zero-order valence-corrected chi connectivity index (χ0v) is 14.1. The highest BCUT2D eigenvalue weighted by molar-refractivity contribution is 7.46. The number of aromatic amines is 1. The molecule has 5 N–H and O–H groups in total. The number of rotatable bonds is 6. The Bertz CT molecular complexity index is 861. The molecule has 0 saturated carbocycles. The molecule has 3 heterocycles. The van der Waals surface area contributed by atoms with Crippen molar-refractivity contribution in [1.82, 2.24) is 19.5 Å². The molecule has 0 bridgehead atoms. The van der Waals surface area contributed by atoms with Crippen LogP contribution in [0.4, 0.5) is 5.95 Å². The van der Waals surface area contributed by atoms with E-state index in [4.69, 9.17) is 14.5 Å². The van der Waals surface area contributed by atoms with E-state index >= 15 is 0 Å². The van der Waals surface area contributed by atoms with E-state index in [-0.39, 0.29) is 23.5 Å². The molecule has 0 spiro atoms. The maximum Gasteiger partial charge on any atom is 0.469 e. The number of nitrogens with one attached hydrogen (secondary N) is 2. The zero-order valence-electron chi connectivity index (χ0n) is 13.2. The van der Waals surface area contributed by atoms with Crippen LogP contribution in [-0.2, 0) is 13.8 Å². The van der Waals surface area contributed by atoms with Gasteiger partial charge in [0.1, 0.15) is 12.3 Å². The lowest BCUT2D eigenvalue weighted by atomic mass is 10.2. The summed E-state index contributed by atoms with van der Waals surface area (Å²) in [5.74, 6) is 0.279. The Labute approximate surface area is 141 Å². The number of phosphoric acid groups is 1. The third kappa shape index (κ3) is 3.89. The Kier molecular flexibility index (Phi) is 4.91. The van der Waals surface area contributed by atoms with E-state index in [1.165, 1.54) is 10.9 Å². The van der Waals surface area contributed by atoms with Crippen molar-refractivity contribution in [1.29, 1.82) is 0 Å². The summed E-state index contributed by atoms with van der Waals surface area (Å²) in [5.41, 5.74) is -0.0252. The second-order valence-corrected chi connectivity index (χ2v) is 6.73. The minimum atomic E-state index is -4.66. The first kappa shape index (κ1) is 18.0. The molecule has 0 radical (unpaired) electrons. The molecular weight excluding hydrogens is 357 g/mol. The summed E-state index contributed by atoms with van der Waals surface area (Å²) in [7, 11) is -4.66. The molecular formula is C12H18N5O7P. The highest BCUT2D eigenvalue weighted by atomic mass is 31.2. The van der Waals surface area contributed by atoms with Crippen LogP contribution in [0.2, 0.25) is 0 Å². The van der Waals surface area contributed by atoms with Crippen molar-refractivity contribution in [3.63, 3.8) is 0 Å². The monoisotopic (exact) mass is 375 g/mol. The summed E-state index contributed by atoms with van der Waals surface area (Å²) in [4.78, 5) is 40.4. The predicted octanol–water partition coefficient (Wildman–Crippen LogP) is -0.691. The Morgan fingerprint density at radius 1 is 1.56 bits per heavy atom. The molecule has 12 nitrogen and oxygen atoms in total. The van der Waals surface area contributed by atoms with E-state index in [0.29, 0.717) is 6.54 Å². The lowest BCUT2D eigenvalue weighted by molar-refractivity contribution is -0.0424. The van der Waals surface area contributed by atoms with Crippen molar-refractivity contribution >= 4 is 24.9 Å². The second kappa shape index (κ2) is 6.83. The lowest BCUT2D eigenvalue weighted by Crippen LogP contribution is -2.25. The number of fused-ring (bicyclic) bond motifs is 1. The number of aromatic nitrogens is 4. The first-order chi connectivity index (χ1) is 11.8. The van der Waals surface area contributed by atoms with Crippen LogP contribution in [0.1, 0.15) is 19.6 Å². The Morgan fingerprint density at radius 3 is 3.00 bits per heavy atom. The highest BCUT2D eigenvalue weighted by Crippen LogP contribution is 2.38. The van der Waals surface area contributed by atoms with Gasteiger partial charge in [-0.1, -0.05) is 0 Å². The van der Waals surface area contributed by atoms with Gasteiger partial charge in [-0.3, -0.25) is 18.9 Å². The minimum Gasteiger partial charge on any atom is -0.390 e. The van der Waals surface area contributed by atoms with Gasteiger partial charge in [0.2, 0.25) is 5.95 Å². The molecule has 3 atom stereocenters. The molecule has 0 unspecified atom stereocenters. The van der Waals surface area contributed by atoms with Gasteiger partial charge in [-0.2, -0.15) is 4.98 Å². The average molecular weight is 375 g/mol. The summed E-state index contributed by atoms with van der Waals surface area (Å²) in [6.07, 6.45) is -1.12. The second-order valence-electron chi connectivity index (χ2n) is 5.49. The number of H-pyrrole nitrogens is 1. The van der Waals surface area contributed by atoms with Crippen molar-refractivity contribution in [2.24, 2.45) is 0 Å². The highest BCUT2D eigenvalue weighted by Gasteiger charge is 2.37. The summed E-state index contributed by atoms with van der Waals surface area (Å²) in [6.45, 7) is 1.94. The molecule has 138 valence electrons. The third-order valence-corrected chi connectivity index (χ3v) is 4.18. The normalized spacial score (nSPS) is 24.1. The number of aliphatic hydroxyl groups excluding tert-OH is 1. The van der Waals surface area contributed by atoms with E-state index in [1.54, 1.807) is 0 Å². The number of imidazole rings is 1. The maximum atomic E-state index is 12.0. The molecule has 1 saturated heterocycles. The minimum absolute atomic E-state index is 0.120. The van der Waals surface area contributed by atoms with Crippen LogP contribution in [0.5, 0.6) is 0 Å². The number of phosphoric ester groups is 1. The lowest BCUT2D eigenvalue weighted by Gasteiger charge is -2.16. The fourth-order valence-corrected chi connectivity index (χ4v) is 2.94. The Balaban J connectivity index is 1.85. The van der Waals surface area contributed by atoms with Crippen LogP contribution in [0.25, 0.3) is 11.2 Å². The Morgan fingerprint density at radius 2 is 2.32 bits per heavy atom. The summed E-state index contributed by atoms with van der Waals surface area (Å²) >= 11 is 0. The van der Waals surface area contributed by atoms with Gasteiger partial charge < -0.3 is 24.9 Å². The molecule has 25 heavy (non-hydrogen) atoms. The van der Waals surface area contributed by atoms with Crippen LogP contribution in [0.3, 0.4) is 0 Å². The molecule has 0 aromatic carbocycles. The van der Waals surface area contributed by atoms with Crippen LogP contribution >= 0.6 is 7.82 Å². The number of ether oxygens (including phenoxy) is 1. The van der Waals surface area contributed by atoms with Gasteiger partial charge in [0.25, 0.3) is 5.56 Å². The molecule has 2 aromatic rings. The first-order valence-corrected chi connectivity index (χ1v) is 9.06. The third-order valence-electron chi connectivity index (χ3n) is 3.70. The maximum absolute atomic E-state index is 12.0. The van der Waals surface area contributed by atoms with Gasteiger partial charge >= 0.3 is 7.82 Å². The van der Waals surface area contributed by atoms with E-state index in [0.717, 1.165) is 0 Å². The summed E-state index contributed by atoms with van der Waals surface area (Å²) < 4.78 is 22.2. The van der Waals surface area contributed by atoms with Gasteiger partial charge in [-0.05, 0) is 6.92 Å². The number of nitrogens with zero attached hydrogens (tertiary/aromatic N) is 3. The average Bonchev–Trinajstić information content (AvgIpc) is 3.08. The molecule has 2 aromatic heterocycles. The largest absolute Gasteiger partial charge is 0.469 e. The van der Waals surface area contributed by atoms with Crippen molar-refractivity contribution in [3.8, 4) is 0 Å². The topological polar surface area (TPSA) is 172 Å². The molecule has 1 aliphatic heterocycles. The van der Waals surface area contributed by atoms with Crippen LogP contribution in [-0.4, -0.2) is 59.8 Å². The predicted molar refractivity (Wildman–Crippen MR) is 84.8 cm³/mol. The van der Waals surface area contributed by atoms with E-state index in [2.05, 4.69) is 24.8 Å². The number of aliphatic hydroxyl groups is 1. The molecule has 1 aliphatic rings. The van der Waals surface area contributed by atoms with E-state index < -0.39 is 38.4 Å². The fourth-order valence-electron chi connectivity index (χ4n) is 2.59. The first-order valence-electron chi connectivity index (χ1n) is 7.53. The fraction of sp³-hybridized carbons (Fsp3) is 0.583. The summed E-state index contributed by atoms with van der Waals surface area (Å²) in [5, 5.41) is 12.9. The van der Waals surface area contributed by atoms with Crippen molar-refractivity contribution < 1.29 is 28.7 Å².